The number of esters is 1. The average molecular weight is 363 g/mol. The van der Waals surface area contributed by atoms with Crippen molar-refractivity contribution in [3.8, 4) is 0 Å². The van der Waals surface area contributed by atoms with Gasteiger partial charge in [0.25, 0.3) is 10.0 Å². The molecule has 10 heteroatoms. The molecule has 2 aromatic rings. The number of hydrogen-bond acceptors (Lipinski definition) is 4. The molecule has 2 rings (SSSR count). The van der Waals surface area contributed by atoms with Crippen molar-refractivity contribution in [2.75, 3.05) is 11.8 Å². The Balaban J connectivity index is 2.52. The van der Waals surface area contributed by atoms with E-state index >= 15 is 0 Å². The Hall–Kier alpha value is -2.62. The molecule has 0 radical (unpaired) electrons. The second-order valence-electron chi connectivity index (χ2n) is 4.46. The van der Waals surface area contributed by atoms with E-state index in [9.17, 15) is 30.8 Å². The third-order valence-corrected chi connectivity index (χ3v) is 4.30. The maximum atomic E-state index is 13.7. The van der Waals surface area contributed by atoms with Crippen molar-refractivity contribution in [3.63, 3.8) is 0 Å². The summed E-state index contributed by atoms with van der Waals surface area (Å²) in [6, 6.07) is 3.38. The first-order valence-corrected chi connectivity index (χ1v) is 7.70. The summed E-state index contributed by atoms with van der Waals surface area (Å²) in [7, 11) is -3.74. The molecular weight excluding hydrogens is 354 g/mol. The molecule has 0 fully saturated rings. The minimum atomic E-state index is -4.72. The van der Waals surface area contributed by atoms with Crippen LogP contribution in [-0.2, 0) is 14.8 Å². The van der Waals surface area contributed by atoms with Crippen LogP contribution in [0.15, 0.2) is 35.2 Å². The summed E-state index contributed by atoms with van der Waals surface area (Å²) in [4.78, 5) is 10.4. The van der Waals surface area contributed by atoms with Gasteiger partial charge in [0.15, 0.2) is 17.5 Å². The minimum Gasteiger partial charge on any atom is -0.465 e. The first-order chi connectivity index (χ1) is 11.2. The summed E-state index contributed by atoms with van der Waals surface area (Å²) in [5.41, 5.74) is -0.906. The zero-order valence-electron chi connectivity index (χ0n) is 11.9. The smallest absolute Gasteiger partial charge is 0.340 e. The Kier molecular flexibility index (Phi) is 4.78. The zero-order chi connectivity index (χ0) is 18.1. The van der Waals surface area contributed by atoms with E-state index in [2.05, 4.69) is 4.74 Å². The molecule has 24 heavy (non-hydrogen) atoms. The molecule has 0 saturated heterocycles. The van der Waals surface area contributed by atoms with Crippen LogP contribution in [0.5, 0.6) is 0 Å². The summed E-state index contributed by atoms with van der Waals surface area (Å²) in [6.45, 7) is 0. The van der Waals surface area contributed by atoms with Crippen LogP contribution in [0.25, 0.3) is 0 Å². The fraction of sp³-hybridized carbons (Fsp3) is 0.0714. The molecule has 0 aromatic heterocycles. The number of anilines is 1. The number of carbonyl (C=O) groups excluding carboxylic acids is 1. The number of methoxy groups -OCH3 is 1. The number of hydrogen-bond donors (Lipinski definition) is 1. The van der Waals surface area contributed by atoms with Crippen molar-refractivity contribution >= 4 is 21.7 Å². The van der Waals surface area contributed by atoms with E-state index in [1.807, 2.05) is 4.72 Å². The Morgan fingerprint density at radius 1 is 1.04 bits per heavy atom. The third kappa shape index (κ3) is 3.32. The van der Waals surface area contributed by atoms with Gasteiger partial charge in [0.1, 0.15) is 10.7 Å². The lowest BCUT2D eigenvalue weighted by molar-refractivity contribution is 0.0601. The summed E-state index contributed by atoms with van der Waals surface area (Å²) in [5, 5.41) is 0. The lowest BCUT2D eigenvalue weighted by atomic mass is 10.2. The second kappa shape index (κ2) is 6.48. The quantitative estimate of drug-likeness (QED) is 0.515. The molecule has 128 valence electrons. The van der Waals surface area contributed by atoms with E-state index in [1.54, 1.807) is 0 Å². The van der Waals surface area contributed by atoms with E-state index in [4.69, 9.17) is 0 Å². The highest BCUT2D eigenvalue weighted by atomic mass is 32.2. The largest absolute Gasteiger partial charge is 0.465 e. The fourth-order valence-electron chi connectivity index (χ4n) is 1.80. The first kappa shape index (κ1) is 17.7. The van der Waals surface area contributed by atoms with Crippen LogP contribution in [0, 0.1) is 23.3 Å². The van der Waals surface area contributed by atoms with Crippen molar-refractivity contribution < 1.29 is 35.5 Å². The van der Waals surface area contributed by atoms with Gasteiger partial charge in [0, 0.05) is 0 Å². The fourth-order valence-corrected chi connectivity index (χ4v) is 2.95. The molecule has 0 aliphatic carbocycles. The number of rotatable bonds is 4. The maximum Gasteiger partial charge on any atom is 0.340 e. The first-order valence-electron chi connectivity index (χ1n) is 6.21. The molecule has 0 saturated carbocycles. The van der Waals surface area contributed by atoms with Gasteiger partial charge in [-0.25, -0.2) is 30.8 Å². The third-order valence-electron chi connectivity index (χ3n) is 2.92. The van der Waals surface area contributed by atoms with Gasteiger partial charge >= 0.3 is 5.97 Å². The van der Waals surface area contributed by atoms with Crippen LogP contribution >= 0.6 is 0 Å². The molecule has 0 unspecified atom stereocenters. The predicted molar refractivity (Wildman–Crippen MR) is 74.9 cm³/mol. The summed E-state index contributed by atoms with van der Waals surface area (Å²) in [6.07, 6.45) is 0. The number of carbonyl (C=O) groups is 1. The van der Waals surface area contributed by atoms with Crippen LogP contribution in [0.4, 0.5) is 23.2 Å². The van der Waals surface area contributed by atoms with E-state index in [-0.39, 0.29) is 0 Å². The topological polar surface area (TPSA) is 72.5 Å². The molecule has 0 aliphatic heterocycles. The van der Waals surface area contributed by atoms with Gasteiger partial charge in [-0.3, -0.25) is 4.72 Å². The summed E-state index contributed by atoms with van der Waals surface area (Å²) < 4.78 is 83.5. The van der Waals surface area contributed by atoms with Crippen molar-refractivity contribution in [2.24, 2.45) is 0 Å². The molecule has 0 bridgehead atoms. The normalized spacial score (nSPS) is 11.2. The molecule has 1 N–H and O–H groups in total. The van der Waals surface area contributed by atoms with Gasteiger partial charge in [0.2, 0.25) is 0 Å². The lowest BCUT2D eigenvalue weighted by Crippen LogP contribution is -2.18. The summed E-state index contributed by atoms with van der Waals surface area (Å²) in [5.74, 6) is -7.37. The molecule has 5 nitrogen and oxygen atoms in total. The van der Waals surface area contributed by atoms with E-state index < -0.39 is 55.4 Å². The highest BCUT2D eigenvalue weighted by Gasteiger charge is 2.26. The Morgan fingerprint density at radius 3 is 2.33 bits per heavy atom. The highest BCUT2D eigenvalue weighted by Crippen LogP contribution is 2.25. The number of halogens is 4. The molecule has 0 amide bonds. The van der Waals surface area contributed by atoms with Crippen LogP contribution in [-0.4, -0.2) is 21.5 Å². The van der Waals surface area contributed by atoms with Crippen LogP contribution < -0.4 is 4.72 Å². The average Bonchev–Trinajstić information content (AvgIpc) is 2.53. The molecule has 0 heterocycles. The van der Waals surface area contributed by atoms with Gasteiger partial charge in [-0.2, -0.15) is 0 Å². The molecule has 0 spiro atoms. The Morgan fingerprint density at radius 2 is 1.71 bits per heavy atom. The molecule has 0 atom stereocenters. The Labute approximate surface area is 133 Å². The van der Waals surface area contributed by atoms with Gasteiger partial charge in [0.05, 0.1) is 18.4 Å². The number of ether oxygens (including phenoxy) is 1. The summed E-state index contributed by atoms with van der Waals surface area (Å²) >= 11 is 0. The van der Waals surface area contributed by atoms with Gasteiger partial charge in [-0.05, 0) is 30.3 Å². The van der Waals surface area contributed by atoms with Crippen LogP contribution in [0.3, 0.4) is 0 Å². The minimum absolute atomic E-state index is 0.424. The maximum absolute atomic E-state index is 13.7. The SMILES string of the molecule is COC(=O)c1cc(F)ccc1NS(=O)(=O)c1ccc(F)c(F)c1F. The van der Waals surface area contributed by atoms with Crippen molar-refractivity contribution in [1.82, 2.24) is 0 Å². The Bertz CT molecular complexity index is 915. The highest BCUT2D eigenvalue weighted by molar-refractivity contribution is 7.92. The second-order valence-corrected chi connectivity index (χ2v) is 6.11. The lowest BCUT2D eigenvalue weighted by Gasteiger charge is -2.12. The van der Waals surface area contributed by atoms with Crippen molar-refractivity contribution in [2.45, 2.75) is 4.90 Å². The number of benzene rings is 2. The van der Waals surface area contributed by atoms with Crippen LogP contribution in [0.2, 0.25) is 0 Å². The number of sulfonamides is 1. The molecular formula is C14H9F4NO4S. The van der Waals surface area contributed by atoms with E-state index in [0.717, 1.165) is 19.2 Å². The van der Waals surface area contributed by atoms with Gasteiger partial charge in [-0.1, -0.05) is 0 Å². The number of nitrogens with one attached hydrogen (secondary N) is 1. The van der Waals surface area contributed by atoms with Gasteiger partial charge in [-0.15, -0.1) is 0 Å². The van der Waals surface area contributed by atoms with E-state index in [1.165, 1.54) is 0 Å². The van der Waals surface area contributed by atoms with E-state index in [0.29, 0.717) is 18.2 Å². The molecule has 2 aromatic carbocycles. The van der Waals surface area contributed by atoms with Crippen molar-refractivity contribution in [3.05, 3.63) is 59.2 Å². The monoisotopic (exact) mass is 363 g/mol. The molecule has 0 aliphatic rings. The standard InChI is InChI=1S/C14H9F4NO4S/c1-23-14(20)8-6-7(15)2-4-10(8)19-24(21,22)11-5-3-9(16)12(17)13(11)18/h2-6,19H,1H3. The predicted octanol–water partition coefficient (Wildman–Crippen LogP) is 2.83. The van der Waals surface area contributed by atoms with Crippen LogP contribution in [0.1, 0.15) is 10.4 Å². The van der Waals surface area contributed by atoms with Gasteiger partial charge < -0.3 is 4.74 Å². The van der Waals surface area contributed by atoms with Crippen molar-refractivity contribution in [1.29, 1.82) is 0 Å². The zero-order valence-corrected chi connectivity index (χ0v) is 12.8.